The zero-order valence-electron chi connectivity index (χ0n) is 12.6. The third kappa shape index (κ3) is 3.61. The average molecular weight is 294 g/mol. The van der Waals surface area contributed by atoms with Gasteiger partial charge < -0.3 is 5.11 Å². The smallest absolute Gasteiger partial charge is 0.275 e. The Morgan fingerprint density at radius 3 is 2.50 bits per heavy atom. The molecule has 2 N–H and O–H groups in total. The molecule has 0 radical (unpaired) electrons. The van der Waals surface area contributed by atoms with Crippen LogP contribution in [0.1, 0.15) is 24.2 Å². The first-order valence-electron chi connectivity index (χ1n) is 7.00. The number of hydrogen-bond acceptors (Lipinski definition) is 3. The lowest BCUT2D eigenvalue weighted by Gasteiger charge is -2.05. The molecule has 0 aliphatic carbocycles. The first kappa shape index (κ1) is 15.5. The van der Waals surface area contributed by atoms with E-state index in [4.69, 9.17) is 0 Å². The number of nitrogens with zero attached hydrogens (tertiary/aromatic N) is 1. The third-order valence-corrected chi connectivity index (χ3v) is 3.18. The molecule has 4 nitrogen and oxygen atoms in total. The van der Waals surface area contributed by atoms with Gasteiger partial charge in [0.15, 0.2) is 0 Å². The van der Waals surface area contributed by atoms with Gasteiger partial charge in [-0.15, -0.1) is 0 Å². The van der Waals surface area contributed by atoms with Crippen molar-refractivity contribution in [2.75, 3.05) is 0 Å². The highest BCUT2D eigenvalue weighted by Crippen LogP contribution is 2.24. The second-order valence-corrected chi connectivity index (χ2v) is 4.70. The van der Waals surface area contributed by atoms with Gasteiger partial charge in [0, 0.05) is 0 Å². The quantitative estimate of drug-likeness (QED) is 0.512. The number of phenols is 1. The summed E-state index contributed by atoms with van der Waals surface area (Å²) in [7, 11) is 0. The van der Waals surface area contributed by atoms with Crippen molar-refractivity contribution in [3.8, 4) is 5.75 Å². The van der Waals surface area contributed by atoms with E-state index in [9.17, 15) is 9.90 Å². The molecule has 0 heterocycles. The Bertz CT molecular complexity index is 774. The highest BCUT2D eigenvalue weighted by molar-refractivity contribution is 6.01. The molecule has 0 atom stereocenters. The molecule has 0 spiro atoms. The molecule has 0 saturated carbocycles. The lowest BCUT2D eigenvalue weighted by atomic mass is 10.1. The molecule has 0 fully saturated rings. The number of benzene rings is 2. The van der Waals surface area contributed by atoms with Crippen LogP contribution in [0.5, 0.6) is 5.75 Å². The van der Waals surface area contributed by atoms with Crippen molar-refractivity contribution in [2.24, 2.45) is 5.10 Å². The van der Waals surface area contributed by atoms with E-state index in [1.54, 1.807) is 18.3 Å². The summed E-state index contributed by atoms with van der Waals surface area (Å²) in [6.45, 7) is 3.79. The predicted octanol–water partition coefficient (Wildman–Crippen LogP) is 3.78. The molecule has 0 aliphatic rings. The fourth-order valence-electron chi connectivity index (χ4n) is 2.04. The van der Waals surface area contributed by atoms with E-state index in [0.717, 1.165) is 16.3 Å². The van der Waals surface area contributed by atoms with Crippen molar-refractivity contribution in [2.45, 2.75) is 13.8 Å². The van der Waals surface area contributed by atoms with Crippen LogP contribution >= 0.6 is 0 Å². The minimum atomic E-state index is -0.449. The molecule has 2 aromatic rings. The van der Waals surface area contributed by atoms with Crippen LogP contribution in [0.3, 0.4) is 0 Å². The molecule has 112 valence electrons. The number of allylic oxidation sites excluding steroid dienone is 4. The summed E-state index contributed by atoms with van der Waals surface area (Å²) in [5.74, 6) is -0.512. The molecular weight excluding hydrogens is 276 g/mol. The lowest BCUT2D eigenvalue weighted by molar-refractivity contribution is 0.0952. The lowest BCUT2D eigenvalue weighted by Crippen LogP contribution is -2.17. The van der Waals surface area contributed by atoms with Crippen molar-refractivity contribution in [3.05, 3.63) is 65.8 Å². The zero-order chi connectivity index (χ0) is 15.9. The number of hydrazone groups is 1. The first-order valence-corrected chi connectivity index (χ1v) is 7.00. The highest BCUT2D eigenvalue weighted by atomic mass is 16.3. The molecule has 0 aromatic heterocycles. The normalized spacial score (nSPS) is 12.4. The van der Waals surface area contributed by atoms with Crippen LogP contribution in [0.4, 0.5) is 0 Å². The summed E-state index contributed by atoms with van der Waals surface area (Å²) in [5.41, 5.74) is 3.50. The SMILES string of the molecule is C\C=C/C(/C=N/NC(=O)c1cc2ccccc2cc1O)=C\C. The van der Waals surface area contributed by atoms with Gasteiger partial charge in [0.2, 0.25) is 0 Å². The van der Waals surface area contributed by atoms with Crippen LogP contribution in [0, 0.1) is 0 Å². The minimum Gasteiger partial charge on any atom is -0.507 e. The number of carbonyl (C=O) groups is 1. The van der Waals surface area contributed by atoms with Crippen LogP contribution in [0.2, 0.25) is 0 Å². The third-order valence-electron chi connectivity index (χ3n) is 3.18. The van der Waals surface area contributed by atoms with Crippen LogP contribution in [-0.4, -0.2) is 17.2 Å². The van der Waals surface area contributed by atoms with E-state index >= 15 is 0 Å². The highest BCUT2D eigenvalue weighted by Gasteiger charge is 2.11. The van der Waals surface area contributed by atoms with Gasteiger partial charge in [0.05, 0.1) is 11.8 Å². The fraction of sp³-hybridized carbons (Fsp3) is 0.111. The molecule has 0 saturated heterocycles. The number of hydrogen-bond donors (Lipinski definition) is 2. The summed E-state index contributed by atoms with van der Waals surface area (Å²) in [6.07, 6.45) is 7.20. The second kappa shape index (κ2) is 7.22. The number of rotatable bonds is 4. The van der Waals surface area contributed by atoms with Crippen molar-refractivity contribution in [1.29, 1.82) is 0 Å². The maximum atomic E-state index is 12.1. The molecule has 2 aromatic carbocycles. The molecule has 0 bridgehead atoms. The van der Waals surface area contributed by atoms with Crippen LogP contribution < -0.4 is 5.43 Å². The molecular formula is C18H18N2O2. The van der Waals surface area contributed by atoms with Crippen molar-refractivity contribution in [3.63, 3.8) is 0 Å². The first-order chi connectivity index (χ1) is 10.7. The van der Waals surface area contributed by atoms with Gasteiger partial charge in [-0.05, 0) is 42.3 Å². The van der Waals surface area contributed by atoms with E-state index in [0.29, 0.717) is 0 Å². The van der Waals surface area contributed by atoms with Gasteiger partial charge >= 0.3 is 0 Å². The zero-order valence-corrected chi connectivity index (χ0v) is 12.6. The molecule has 22 heavy (non-hydrogen) atoms. The van der Waals surface area contributed by atoms with Gasteiger partial charge in [-0.3, -0.25) is 4.79 Å². The van der Waals surface area contributed by atoms with Crippen LogP contribution in [-0.2, 0) is 0 Å². The number of amides is 1. The molecule has 1 amide bonds. The maximum absolute atomic E-state index is 12.1. The Labute approximate surface area is 129 Å². The maximum Gasteiger partial charge on any atom is 0.275 e. The molecule has 4 heteroatoms. The van der Waals surface area contributed by atoms with E-state index in [1.165, 1.54) is 0 Å². The number of aromatic hydroxyl groups is 1. The van der Waals surface area contributed by atoms with Gasteiger partial charge in [0.1, 0.15) is 5.75 Å². The van der Waals surface area contributed by atoms with Gasteiger partial charge in [-0.25, -0.2) is 5.43 Å². The van der Waals surface area contributed by atoms with Gasteiger partial charge in [-0.1, -0.05) is 42.5 Å². The van der Waals surface area contributed by atoms with Crippen LogP contribution in [0.15, 0.2) is 65.3 Å². The van der Waals surface area contributed by atoms with Crippen molar-refractivity contribution < 1.29 is 9.90 Å². The number of fused-ring (bicyclic) bond motifs is 1. The fourth-order valence-corrected chi connectivity index (χ4v) is 2.04. The van der Waals surface area contributed by atoms with Crippen molar-refractivity contribution >= 4 is 22.9 Å². The number of nitrogens with one attached hydrogen (secondary N) is 1. The summed E-state index contributed by atoms with van der Waals surface area (Å²) < 4.78 is 0. The van der Waals surface area contributed by atoms with Crippen molar-refractivity contribution in [1.82, 2.24) is 5.43 Å². The summed E-state index contributed by atoms with van der Waals surface area (Å²) in [4.78, 5) is 12.1. The van der Waals surface area contributed by atoms with E-state index < -0.39 is 5.91 Å². The van der Waals surface area contributed by atoms with Gasteiger partial charge in [-0.2, -0.15) is 5.10 Å². The summed E-state index contributed by atoms with van der Waals surface area (Å²) in [5, 5.41) is 15.7. The Morgan fingerprint density at radius 2 is 1.86 bits per heavy atom. The largest absolute Gasteiger partial charge is 0.507 e. The number of phenolic OH excluding ortho intramolecular Hbond substituents is 1. The molecule has 0 unspecified atom stereocenters. The second-order valence-electron chi connectivity index (χ2n) is 4.70. The van der Waals surface area contributed by atoms with E-state index in [1.807, 2.05) is 56.3 Å². The Kier molecular flexibility index (Phi) is 5.09. The van der Waals surface area contributed by atoms with E-state index in [-0.39, 0.29) is 11.3 Å². The standard InChI is InChI=1S/C18H18N2O2/c1-3-7-13(4-2)12-19-20-18(22)16-10-14-8-5-6-9-15(14)11-17(16)21/h3-12,21H,1-2H3,(H,20,22)/b7-3-,13-4+,19-12+. The Balaban J connectivity index is 2.19. The Morgan fingerprint density at radius 1 is 1.18 bits per heavy atom. The van der Waals surface area contributed by atoms with Gasteiger partial charge in [0.25, 0.3) is 5.91 Å². The van der Waals surface area contributed by atoms with E-state index in [2.05, 4.69) is 10.5 Å². The number of carbonyl (C=O) groups excluding carboxylic acids is 1. The summed E-state index contributed by atoms with van der Waals surface area (Å²) >= 11 is 0. The molecule has 0 aliphatic heterocycles. The summed E-state index contributed by atoms with van der Waals surface area (Å²) in [6, 6.07) is 10.8. The molecule has 2 rings (SSSR count). The predicted molar refractivity (Wildman–Crippen MR) is 90.1 cm³/mol. The monoisotopic (exact) mass is 294 g/mol. The Hall–Kier alpha value is -2.88. The average Bonchev–Trinajstić information content (AvgIpc) is 2.53. The minimum absolute atomic E-state index is 0.0638. The topological polar surface area (TPSA) is 61.7 Å². The van der Waals surface area contributed by atoms with Crippen LogP contribution in [0.25, 0.3) is 10.8 Å².